The van der Waals surface area contributed by atoms with Crippen LogP contribution in [0.15, 0.2) is 103 Å². The number of benzene rings is 4. The lowest BCUT2D eigenvalue weighted by Gasteiger charge is -2.36. The molecular weight excluding hydrogens is 564 g/mol. The number of urea groups is 1. The first-order valence-electron chi connectivity index (χ1n) is 15.3. The van der Waals surface area contributed by atoms with Gasteiger partial charge in [-0.3, -0.25) is 14.5 Å². The standard InChI is InChI=1S/C37H34N4O4/c1-23(12-13-24-8-4-3-5-9-24)38-35(42)26-14-18-27(19-15-26)40-36(43)32-22-30-29-10-6-7-11-31(29)39-33(30)34(41(32)37(40)44)25-16-20-28(45-2)21-17-25/h3-11,14-21,23,32,34,39H,12-13,22H2,1-2H3,(H,38,42)/t23-,32+,34+/m1/s1. The van der Waals surface area contributed by atoms with Crippen LogP contribution in [0.25, 0.3) is 10.9 Å². The summed E-state index contributed by atoms with van der Waals surface area (Å²) in [6, 6.07) is 31.0. The summed E-state index contributed by atoms with van der Waals surface area (Å²) in [6.45, 7) is 1.99. The number of anilines is 1. The Bertz CT molecular complexity index is 1880. The third kappa shape index (κ3) is 5.12. The van der Waals surface area contributed by atoms with Crippen LogP contribution in [0.5, 0.6) is 5.75 Å². The topological polar surface area (TPSA) is 94.7 Å². The fourth-order valence-electron chi connectivity index (χ4n) is 6.61. The molecular formula is C37H34N4O4. The van der Waals surface area contributed by atoms with E-state index in [1.54, 1.807) is 36.3 Å². The van der Waals surface area contributed by atoms with E-state index in [0.29, 0.717) is 23.4 Å². The molecule has 1 saturated heterocycles. The number of aromatic amines is 1. The van der Waals surface area contributed by atoms with Gasteiger partial charge in [0.15, 0.2) is 0 Å². The molecule has 0 aliphatic carbocycles. The van der Waals surface area contributed by atoms with Gasteiger partial charge in [-0.15, -0.1) is 0 Å². The Morgan fingerprint density at radius 2 is 1.64 bits per heavy atom. The lowest BCUT2D eigenvalue weighted by atomic mass is 9.89. The van der Waals surface area contributed by atoms with Crippen molar-refractivity contribution in [3.63, 3.8) is 0 Å². The lowest BCUT2D eigenvalue weighted by Crippen LogP contribution is -2.44. The summed E-state index contributed by atoms with van der Waals surface area (Å²) in [4.78, 5) is 47.6. The largest absolute Gasteiger partial charge is 0.497 e. The molecule has 0 radical (unpaired) electrons. The number of nitrogens with zero attached hydrogens (tertiary/aromatic N) is 2. The highest BCUT2D eigenvalue weighted by Crippen LogP contribution is 2.45. The monoisotopic (exact) mass is 598 g/mol. The molecule has 1 aromatic heterocycles. The molecule has 2 N–H and O–H groups in total. The minimum Gasteiger partial charge on any atom is -0.497 e. The maximum atomic E-state index is 14.1. The first kappa shape index (κ1) is 28.4. The van der Waals surface area contributed by atoms with Gasteiger partial charge < -0.3 is 15.0 Å². The molecule has 0 unspecified atom stereocenters. The molecule has 3 atom stereocenters. The van der Waals surface area contributed by atoms with E-state index in [2.05, 4.69) is 28.5 Å². The molecule has 0 bridgehead atoms. The number of methoxy groups -OCH3 is 1. The van der Waals surface area contributed by atoms with Gasteiger partial charge in [-0.05, 0) is 78.9 Å². The molecule has 45 heavy (non-hydrogen) atoms. The number of carbonyl (C=O) groups excluding carboxylic acids is 3. The number of carbonyl (C=O) groups is 3. The summed E-state index contributed by atoms with van der Waals surface area (Å²) in [7, 11) is 1.61. The number of ether oxygens (including phenoxy) is 1. The maximum Gasteiger partial charge on any atom is 0.332 e. The van der Waals surface area contributed by atoms with E-state index in [1.807, 2.05) is 67.6 Å². The normalized spacial score (nSPS) is 18.1. The van der Waals surface area contributed by atoms with Crippen molar-refractivity contribution < 1.29 is 19.1 Å². The minimum absolute atomic E-state index is 0.0156. The molecule has 4 aromatic carbocycles. The summed E-state index contributed by atoms with van der Waals surface area (Å²) in [5.74, 6) is 0.243. The van der Waals surface area contributed by atoms with Gasteiger partial charge in [0.1, 0.15) is 17.8 Å². The molecule has 0 spiro atoms. The molecule has 7 rings (SSSR count). The van der Waals surface area contributed by atoms with Crippen LogP contribution in [0.2, 0.25) is 0 Å². The Balaban J connectivity index is 1.14. The number of H-pyrrole nitrogens is 1. The van der Waals surface area contributed by atoms with Gasteiger partial charge in [-0.2, -0.15) is 0 Å². The first-order chi connectivity index (χ1) is 21.9. The number of imide groups is 1. The van der Waals surface area contributed by atoms with Gasteiger partial charge in [0.2, 0.25) is 0 Å². The molecule has 5 aromatic rings. The number of aryl methyl sites for hydroxylation is 1. The highest BCUT2D eigenvalue weighted by molar-refractivity contribution is 6.22. The Morgan fingerprint density at radius 3 is 2.38 bits per heavy atom. The van der Waals surface area contributed by atoms with E-state index in [9.17, 15) is 14.4 Å². The number of hydrogen-bond acceptors (Lipinski definition) is 4. The molecule has 1 fully saturated rings. The minimum atomic E-state index is -0.662. The number of nitrogens with one attached hydrogen (secondary N) is 2. The van der Waals surface area contributed by atoms with Crippen LogP contribution in [-0.4, -0.2) is 46.9 Å². The summed E-state index contributed by atoms with van der Waals surface area (Å²) in [5, 5.41) is 4.11. The molecule has 0 saturated carbocycles. The van der Waals surface area contributed by atoms with Crippen molar-refractivity contribution in [2.75, 3.05) is 12.0 Å². The lowest BCUT2D eigenvalue weighted by molar-refractivity contribution is -0.120. The molecule has 2 aliphatic heterocycles. The smallest absolute Gasteiger partial charge is 0.332 e. The van der Waals surface area contributed by atoms with Gasteiger partial charge in [0.05, 0.1) is 12.8 Å². The second-order valence-electron chi connectivity index (χ2n) is 11.8. The van der Waals surface area contributed by atoms with Crippen molar-refractivity contribution in [2.24, 2.45) is 0 Å². The van der Waals surface area contributed by atoms with Crippen molar-refractivity contribution >= 4 is 34.4 Å². The van der Waals surface area contributed by atoms with Crippen molar-refractivity contribution in [3.05, 3.63) is 131 Å². The van der Waals surface area contributed by atoms with Gasteiger partial charge in [-0.25, -0.2) is 9.69 Å². The Morgan fingerprint density at radius 1 is 0.933 bits per heavy atom. The van der Waals surface area contributed by atoms with Crippen molar-refractivity contribution in [1.29, 1.82) is 0 Å². The average molecular weight is 599 g/mol. The van der Waals surface area contributed by atoms with Gasteiger partial charge in [0, 0.05) is 34.6 Å². The van der Waals surface area contributed by atoms with Gasteiger partial charge in [-0.1, -0.05) is 60.7 Å². The summed E-state index contributed by atoms with van der Waals surface area (Å²) < 4.78 is 5.37. The number of rotatable bonds is 8. The Labute approximate surface area is 261 Å². The van der Waals surface area contributed by atoms with Crippen molar-refractivity contribution in [1.82, 2.24) is 15.2 Å². The van der Waals surface area contributed by atoms with E-state index in [1.165, 1.54) is 10.5 Å². The van der Waals surface area contributed by atoms with Crippen LogP contribution in [0.3, 0.4) is 0 Å². The zero-order valence-corrected chi connectivity index (χ0v) is 25.2. The van der Waals surface area contributed by atoms with Crippen LogP contribution in [-0.2, 0) is 17.6 Å². The zero-order valence-electron chi connectivity index (χ0n) is 25.2. The number of fused-ring (bicyclic) bond motifs is 4. The van der Waals surface area contributed by atoms with Crippen LogP contribution in [0.4, 0.5) is 10.5 Å². The van der Waals surface area contributed by atoms with E-state index in [4.69, 9.17) is 4.74 Å². The summed E-state index contributed by atoms with van der Waals surface area (Å²) in [5.41, 5.74) is 5.95. The van der Waals surface area contributed by atoms with E-state index < -0.39 is 12.1 Å². The third-order valence-corrected chi connectivity index (χ3v) is 8.95. The highest BCUT2D eigenvalue weighted by Gasteiger charge is 2.53. The van der Waals surface area contributed by atoms with Gasteiger partial charge in [0.25, 0.3) is 11.8 Å². The van der Waals surface area contributed by atoms with Gasteiger partial charge >= 0.3 is 6.03 Å². The predicted octanol–water partition coefficient (Wildman–Crippen LogP) is 6.41. The van der Waals surface area contributed by atoms with E-state index in [-0.39, 0.29) is 23.9 Å². The van der Waals surface area contributed by atoms with Crippen molar-refractivity contribution in [3.8, 4) is 5.75 Å². The molecule has 8 nitrogen and oxygen atoms in total. The quantitative estimate of drug-likeness (QED) is 0.202. The van der Waals surface area contributed by atoms with Crippen LogP contribution in [0.1, 0.15) is 52.1 Å². The second-order valence-corrected chi connectivity index (χ2v) is 11.8. The van der Waals surface area contributed by atoms with Crippen LogP contribution < -0.4 is 15.0 Å². The Hall–Kier alpha value is -5.37. The number of aromatic nitrogens is 1. The van der Waals surface area contributed by atoms with E-state index >= 15 is 0 Å². The van der Waals surface area contributed by atoms with Crippen LogP contribution in [0, 0.1) is 0 Å². The van der Waals surface area contributed by atoms with Crippen molar-refractivity contribution in [2.45, 2.75) is 44.3 Å². The van der Waals surface area contributed by atoms with E-state index in [0.717, 1.165) is 40.6 Å². The molecule has 2 aliphatic rings. The number of para-hydroxylation sites is 1. The average Bonchev–Trinajstić information content (AvgIpc) is 3.57. The SMILES string of the molecule is COc1ccc([C@H]2c3[nH]c4ccccc4c3C[C@H]3C(=O)N(c4ccc(C(=O)N[C@H](C)CCc5ccccc5)cc4)C(=O)N23)cc1. The maximum absolute atomic E-state index is 14.1. The second kappa shape index (κ2) is 11.6. The fourth-order valence-corrected chi connectivity index (χ4v) is 6.61. The van der Waals surface area contributed by atoms with Crippen LogP contribution >= 0.6 is 0 Å². The zero-order chi connectivity index (χ0) is 31.1. The fraction of sp³-hybridized carbons (Fsp3) is 0.216. The predicted molar refractivity (Wildman–Crippen MR) is 173 cm³/mol. The molecule has 226 valence electrons. The number of hydrogen-bond donors (Lipinski definition) is 2. The molecule has 4 amide bonds. The summed E-state index contributed by atoms with van der Waals surface area (Å²) >= 11 is 0. The Kier molecular flexibility index (Phi) is 7.33. The summed E-state index contributed by atoms with van der Waals surface area (Å²) in [6.07, 6.45) is 2.10. The first-order valence-corrected chi connectivity index (χ1v) is 15.3. The number of amides is 4. The third-order valence-electron chi connectivity index (χ3n) is 8.95. The molecule has 3 heterocycles. The molecule has 8 heteroatoms. The highest BCUT2D eigenvalue weighted by atomic mass is 16.5.